The van der Waals surface area contributed by atoms with E-state index in [1.54, 1.807) is 13.0 Å². The molecule has 10 heteroatoms. The van der Waals surface area contributed by atoms with Crippen LogP contribution < -0.4 is 15.6 Å². The van der Waals surface area contributed by atoms with Crippen molar-refractivity contribution in [3.05, 3.63) is 50.1 Å². The van der Waals surface area contributed by atoms with Gasteiger partial charge in [0.25, 0.3) is 5.56 Å². The number of nitrogens with zero attached hydrogens (tertiary/aromatic N) is 1. The number of anilines is 3. The van der Waals surface area contributed by atoms with Gasteiger partial charge in [-0.05, 0) is 59.7 Å². The van der Waals surface area contributed by atoms with Gasteiger partial charge in [0.05, 0.1) is 16.6 Å². The van der Waals surface area contributed by atoms with Crippen LogP contribution in [-0.4, -0.2) is 29.9 Å². The van der Waals surface area contributed by atoms with Crippen molar-refractivity contribution in [1.29, 1.82) is 0 Å². The van der Waals surface area contributed by atoms with Crippen LogP contribution in [0.2, 0.25) is 0 Å². The molecule has 0 saturated carbocycles. The van der Waals surface area contributed by atoms with Gasteiger partial charge in [-0.2, -0.15) is 0 Å². The summed E-state index contributed by atoms with van der Waals surface area (Å²) in [5.41, 5.74) is -0.153. The van der Waals surface area contributed by atoms with E-state index >= 15 is 0 Å². The summed E-state index contributed by atoms with van der Waals surface area (Å²) in [5.74, 6) is -0.413. The summed E-state index contributed by atoms with van der Waals surface area (Å²) < 4.78 is 43.8. The van der Waals surface area contributed by atoms with Crippen LogP contribution in [0.5, 0.6) is 0 Å². The van der Waals surface area contributed by atoms with Crippen LogP contribution in [0.15, 0.2) is 35.1 Å². The van der Waals surface area contributed by atoms with E-state index in [1.165, 1.54) is 35.9 Å². The average Bonchev–Trinajstić information content (AvgIpc) is 2.60. The van der Waals surface area contributed by atoms with Crippen LogP contribution in [-0.2, 0) is 17.1 Å². The molecule has 2 aromatic rings. The quantitative estimate of drug-likeness (QED) is 0.476. The van der Waals surface area contributed by atoms with Crippen LogP contribution in [0.25, 0.3) is 0 Å². The molecule has 0 aliphatic carbocycles. The Morgan fingerprint density at radius 1 is 1.26 bits per heavy atom. The number of aliphatic hydroxyl groups excluding tert-OH is 1. The lowest BCUT2D eigenvalue weighted by molar-refractivity contribution is 0.284. The van der Waals surface area contributed by atoms with E-state index in [4.69, 9.17) is 5.11 Å². The SMILES string of the molecule is CCC(CCO)S(=O)(=O)Nc1ccc(=O)n(C)c1Nc1ccc(I)cc1F. The van der Waals surface area contributed by atoms with E-state index < -0.39 is 21.1 Å². The molecule has 0 aliphatic heterocycles. The normalized spacial score (nSPS) is 12.6. The van der Waals surface area contributed by atoms with Gasteiger partial charge in [0.2, 0.25) is 10.0 Å². The molecular formula is C17H21FIN3O4S. The van der Waals surface area contributed by atoms with E-state index in [0.717, 1.165) is 0 Å². The molecule has 27 heavy (non-hydrogen) atoms. The van der Waals surface area contributed by atoms with Crippen molar-refractivity contribution in [2.24, 2.45) is 7.05 Å². The summed E-state index contributed by atoms with van der Waals surface area (Å²) in [6.45, 7) is 1.45. The Labute approximate surface area is 170 Å². The predicted octanol–water partition coefficient (Wildman–Crippen LogP) is 2.78. The van der Waals surface area contributed by atoms with Gasteiger partial charge >= 0.3 is 0 Å². The monoisotopic (exact) mass is 509 g/mol. The smallest absolute Gasteiger partial charge is 0.251 e. The number of hydrogen-bond donors (Lipinski definition) is 3. The van der Waals surface area contributed by atoms with Gasteiger partial charge in [-0.25, -0.2) is 12.8 Å². The largest absolute Gasteiger partial charge is 0.396 e. The van der Waals surface area contributed by atoms with Crippen molar-refractivity contribution in [1.82, 2.24) is 4.57 Å². The lowest BCUT2D eigenvalue weighted by Gasteiger charge is -2.20. The number of sulfonamides is 1. The summed E-state index contributed by atoms with van der Waals surface area (Å²) in [7, 11) is -2.35. The molecule has 0 amide bonds. The van der Waals surface area contributed by atoms with Gasteiger partial charge in [-0.15, -0.1) is 0 Å². The topological polar surface area (TPSA) is 100 Å². The van der Waals surface area contributed by atoms with Gasteiger partial charge < -0.3 is 10.4 Å². The maximum atomic E-state index is 14.2. The van der Waals surface area contributed by atoms with E-state index in [-0.39, 0.29) is 35.8 Å². The zero-order chi connectivity index (χ0) is 20.2. The summed E-state index contributed by atoms with van der Waals surface area (Å²) in [4.78, 5) is 12.0. The number of benzene rings is 1. The molecule has 148 valence electrons. The third-order valence-corrected chi connectivity index (χ3v) is 6.72. The molecule has 3 N–H and O–H groups in total. The van der Waals surface area contributed by atoms with Crippen LogP contribution in [0.4, 0.5) is 21.6 Å². The maximum absolute atomic E-state index is 14.2. The summed E-state index contributed by atoms with van der Waals surface area (Å²) >= 11 is 1.97. The minimum absolute atomic E-state index is 0.0894. The predicted molar refractivity (Wildman–Crippen MR) is 112 cm³/mol. The van der Waals surface area contributed by atoms with Crippen LogP contribution >= 0.6 is 22.6 Å². The van der Waals surface area contributed by atoms with Crippen molar-refractivity contribution in [3.8, 4) is 0 Å². The van der Waals surface area contributed by atoms with Crippen LogP contribution in [0.3, 0.4) is 0 Å². The first-order valence-corrected chi connectivity index (χ1v) is 10.9. The second-order valence-electron chi connectivity index (χ2n) is 5.93. The molecule has 0 fully saturated rings. The fourth-order valence-corrected chi connectivity index (χ4v) is 4.49. The minimum atomic E-state index is -3.81. The Morgan fingerprint density at radius 3 is 2.52 bits per heavy atom. The second-order valence-corrected chi connectivity index (χ2v) is 9.14. The first-order chi connectivity index (χ1) is 12.7. The molecule has 7 nitrogen and oxygen atoms in total. The van der Waals surface area contributed by atoms with Crippen LogP contribution in [0.1, 0.15) is 19.8 Å². The van der Waals surface area contributed by atoms with Crippen molar-refractivity contribution >= 4 is 49.8 Å². The first-order valence-electron chi connectivity index (χ1n) is 8.24. The van der Waals surface area contributed by atoms with Crippen molar-refractivity contribution in [2.75, 3.05) is 16.6 Å². The van der Waals surface area contributed by atoms with E-state index in [0.29, 0.717) is 9.99 Å². The van der Waals surface area contributed by atoms with Crippen LogP contribution in [0, 0.1) is 9.39 Å². The Morgan fingerprint density at radius 2 is 1.93 bits per heavy atom. The van der Waals surface area contributed by atoms with E-state index in [1.807, 2.05) is 22.6 Å². The molecular weight excluding hydrogens is 488 g/mol. The fraction of sp³-hybridized carbons (Fsp3) is 0.353. The highest BCUT2D eigenvalue weighted by atomic mass is 127. The number of pyridine rings is 1. The van der Waals surface area contributed by atoms with Gasteiger partial charge in [0, 0.05) is 23.3 Å². The Balaban J connectivity index is 2.46. The summed E-state index contributed by atoms with van der Waals surface area (Å²) in [6, 6.07) is 7.07. The molecule has 1 atom stereocenters. The fourth-order valence-electron chi connectivity index (χ4n) is 2.55. The number of aromatic nitrogens is 1. The molecule has 1 aromatic carbocycles. The molecule has 0 bridgehead atoms. The minimum Gasteiger partial charge on any atom is -0.396 e. The highest BCUT2D eigenvalue weighted by Crippen LogP contribution is 2.28. The third-order valence-electron chi connectivity index (χ3n) is 4.10. The van der Waals surface area contributed by atoms with E-state index in [9.17, 15) is 17.6 Å². The molecule has 0 spiro atoms. The molecule has 2 rings (SSSR count). The number of rotatable bonds is 8. The number of nitrogens with one attached hydrogen (secondary N) is 2. The lowest BCUT2D eigenvalue weighted by Crippen LogP contribution is -2.30. The second kappa shape index (κ2) is 9.02. The molecule has 1 unspecified atom stereocenters. The molecule has 0 radical (unpaired) electrons. The Kier molecular flexibility index (Phi) is 7.23. The van der Waals surface area contributed by atoms with Gasteiger partial charge in [-0.3, -0.25) is 14.1 Å². The van der Waals surface area contributed by atoms with Gasteiger partial charge in [0.15, 0.2) is 0 Å². The number of aliphatic hydroxyl groups is 1. The highest BCUT2D eigenvalue weighted by molar-refractivity contribution is 14.1. The molecule has 1 heterocycles. The lowest BCUT2D eigenvalue weighted by atomic mass is 10.2. The average molecular weight is 509 g/mol. The zero-order valence-electron chi connectivity index (χ0n) is 14.9. The zero-order valence-corrected chi connectivity index (χ0v) is 17.8. The summed E-state index contributed by atoms with van der Waals surface area (Å²) in [5, 5.41) is 11.1. The first kappa shape index (κ1) is 21.6. The molecule has 0 saturated heterocycles. The van der Waals surface area contributed by atoms with Crippen molar-refractivity contribution in [2.45, 2.75) is 25.0 Å². The standard InChI is InChI=1S/C17H21FIN3O4S/c1-3-12(8-9-23)27(25,26)21-15-6-7-16(24)22(2)17(15)20-14-5-4-11(19)10-13(14)18/h4-7,10,12,20-21,23H,3,8-9H2,1-2H3. The van der Waals surface area contributed by atoms with Crippen molar-refractivity contribution in [3.63, 3.8) is 0 Å². The maximum Gasteiger partial charge on any atom is 0.251 e. The number of hydrogen-bond acceptors (Lipinski definition) is 5. The Bertz CT molecular complexity index is 979. The van der Waals surface area contributed by atoms with E-state index in [2.05, 4.69) is 10.0 Å². The molecule has 1 aromatic heterocycles. The van der Waals surface area contributed by atoms with Gasteiger partial charge in [0.1, 0.15) is 11.6 Å². The number of halogens is 2. The van der Waals surface area contributed by atoms with Crippen molar-refractivity contribution < 1.29 is 17.9 Å². The summed E-state index contributed by atoms with van der Waals surface area (Å²) in [6.07, 6.45) is 0.405. The Hall–Kier alpha value is -1.66. The molecule has 0 aliphatic rings. The third kappa shape index (κ3) is 5.20. The van der Waals surface area contributed by atoms with Gasteiger partial charge in [-0.1, -0.05) is 6.92 Å². The highest BCUT2D eigenvalue weighted by Gasteiger charge is 2.25.